The third-order valence-electron chi connectivity index (χ3n) is 15.0. The first kappa shape index (κ1) is 41.5. The molecule has 300 valence electrons. The molecule has 1 atom stereocenters. The van der Waals surface area contributed by atoms with E-state index in [0.717, 1.165) is 42.9 Å². The molecule has 0 radical (unpaired) electrons. The van der Waals surface area contributed by atoms with Crippen molar-refractivity contribution >= 4 is 3.21 Å². The first-order valence-electron chi connectivity index (χ1n) is 22.2. The number of rotatable bonds is 9. The first-order chi connectivity index (χ1) is 28.6. The van der Waals surface area contributed by atoms with E-state index in [2.05, 4.69) is 172 Å². The van der Waals surface area contributed by atoms with Crippen LogP contribution in [-0.2, 0) is 34.1 Å². The predicted molar refractivity (Wildman–Crippen MR) is 241 cm³/mol. The summed E-state index contributed by atoms with van der Waals surface area (Å²) in [6.45, 7) is 4.63. The van der Waals surface area contributed by atoms with Crippen molar-refractivity contribution in [3.63, 3.8) is 0 Å². The van der Waals surface area contributed by atoms with Crippen molar-refractivity contribution in [1.82, 2.24) is 0 Å². The van der Waals surface area contributed by atoms with Crippen molar-refractivity contribution < 1.29 is 46.1 Å². The van der Waals surface area contributed by atoms with Gasteiger partial charge >= 0.3 is 356 Å². The van der Waals surface area contributed by atoms with E-state index in [1.807, 2.05) is 3.21 Å². The van der Waals surface area contributed by atoms with Crippen LogP contribution in [0.5, 0.6) is 0 Å². The second-order valence-corrected chi connectivity index (χ2v) is 25.3. The van der Waals surface area contributed by atoms with Gasteiger partial charge in [0.15, 0.2) is 0 Å². The molecule has 0 nitrogen and oxygen atoms in total. The van der Waals surface area contributed by atoms with Crippen molar-refractivity contribution in [2.24, 2.45) is 23.7 Å². The molecule has 0 saturated heterocycles. The number of benzene rings is 6. The number of halogens is 2. The van der Waals surface area contributed by atoms with E-state index < -0.39 is 21.3 Å². The van der Waals surface area contributed by atoms with Gasteiger partial charge in [0, 0.05) is 0 Å². The van der Waals surface area contributed by atoms with Crippen molar-refractivity contribution in [2.75, 3.05) is 0 Å². The Hall–Kier alpha value is -3.87. The molecule has 6 aromatic rings. The number of hydrogen-bond donors (Lipinski definition) is 0. The Morgan fingerprint density at radius 2 is 1.05 bits per heavy atom. The SMILES string of the molecule is Cc1ccccc1-c1ccc2c(c1)[CH]([Zr+2]([C]1=CC=CC1)=[C](Cc1ccccc1)Cc1ccccc1)c1cc(-c3ccccc3C)c(C3C4CC5CC(C4)CC3C5)cc1-2.[Cl-].[Cl-]. The average molecular weight is 901 g/mol. The first-order valence-corrected chi connectivity index (χ1v) is 26.0. The molecular formula is C57H54Cl2Zr. The molecule has 6 aliphatic rings. The summed E-state index contributed by atoms with van der Waals surface area (Å²) in [5.74, 6) is 4.25. The van der Waals surface area contributed by atoms with Gasteiger partial charge in [0.2, 0.25) is 0 Å². The molecule has 12 rings (SSSR count). The molecule has 4 fully saturated rings. The Morgan fingerprint density at radius 1 is 0.517 bits per heavy atom. The summed E-state index contributed by atoms with van der Waals surface area (Å²) in [6.07, 6.45) is 17.8. The van der Waals surface area contributed by atoms with Gasteiger partial charge in [-0.2, -0.15) is 0 Å². The van der Waals surface area contributed by atoms with E-state index in [4.69, 9.17) is 0 Å². The van der Waals surface area contributed by atoms with E-state index in [9.17, 15) is 0 Å². The van der Waals surface area contributed by atoms with Crippen LogP contribution in [0.3, 0.4) is 0 Å². The summed E-state index contributed by atoms with van der Waals surface area (Å²) in [4.78, 5) is 0. The molecule has 6 aromatic carbocycles. The maximum absolute atomic E-state index is 2.80. The largest absolute Gasteiger partial charge is 1.00 e. The van der Waals surface area contributed by atoms with Crippen LogP contribution in [0.1, 0.15) is 87.0 Å². The van der Waals surface area contributed by atoms with Crippen LogP contribution in [0.25, 0.3) is 33.4 Å². The van der Waals surface area contributed by atoms with Gasteiger partial charge in [-0.1, -0.05) is 0 Å². The maximum atomic E-state index is 2.80. The van der Waals surface area contributed by atoms with Crippen molar-refractivity contribution in [3.8, 4) is 33.4 Å². The molecule has 4 bridgehead atoms. The average Bonchev–Trinajstić information content (AvgIpc) is 3.88. The van der Waals surface area contributed by atoms with Crippen LogP contribution >= 0.6 is 0 Å². The smallest absolute Gasteiger partial charge is 1.00 e. The molecule has 0 spiro atoms. The topological polar surface area (TPSA) is 0 Å². The normalized spacial score (nSPS) is 22.5. The minimum atomic E-state index is -2.76. The molecule has 60 heavy (non-hydrogen) atoms. The van der Waals surface area contributed by atoms with E-state index in [-0.39, 0.29) is 24.8 Å². The third-order valence-corrected chi connectivity index (χ3v) is 23.3. The Labute approximate surface area is 378 Å². The molecule has 6 aliphatic carbocycles. The van der Waals surface area contributed by atoms with Gasteiger partial charge in [0.05, 0.1) is 0 Å². The monoisotopic (exact) mass is 898 g/mol. The molecular weight excluding hydrogens is 847 g/mol. The van der Waals surface area contributed by atoms with Gasteiger partial charge in [-0.25, -0.2) is 0 Å². The molecule has 0 aromatic heterocycles. The van der Waals surface area contributed by atoms with Gasteiger partial charge in [0.25, 0.3) is 0 Å². The fourth-order valence-electron chi connectivity index (χ4n) is 12.7. The zero-order chi connectivity index (χ0) is 38.7. The van der Waals surface area contributed by atoms with Crippen LogP contribution in [0, 0.1) is 37.5 Å². The predicted octanol–water partition coefficient (Wildman–Crippen LogP) is 8.37. The molecule has 0 aliphatic heterocycles. The van der Waals surface area contributed by atoms with E-state index in [1.165, 1.54) is 76.6 Å². The summed E-state index contributed by atoms with van der Waals surface area (Å²) in [7, 11) is 0. The number of allylic oxidation sites excluding steroid dienone is 4. The minimum Gasteiger partial charge on any atom is -1.00 e. The number of hydrogen-bond acceptors (Lipinski definition) is 0. The summed E-state index contributed by atoms with van der Waals surface area (Å²) < 4.78 is 3.96. The summed E-state index contributed by atoms with van der Waals surface area (Å²) >= 11 is -2.76. The Kier molecular flexibility index (Phi) is 12.1. The fraction of sp³-hybridized carbons (Fsp3) is 0.281. The van der Waals surface area contributed by atoms with Crippen LogP contribution in [0.2, 0.25) is 0 Å². The van der Waals surface area contributed by atoms with Crippen LogP contribution < -0.4 is 24.8 Å². The van der Waals surface area contributed by atoms with E-state index >= 15 is 0 Å². The zero-order valence-electron chi connectivity index (χ0n) is 34.9. The van der Waals surface area contributed by atoms with Crippen molar-refractivity contribution in [1.29, 1.82) is 0 Å². The Balaban J connectivity index is 0.00000231. The van der Waals surface area contributed by atoms with Gasteiger partial charge in [-0.05, 0) is 0 Å². The standard InChI is InChI=1S/C37H35.C15H14.C5H5.2ClH.Zr/c1-22-7-3-5-9-31(22)26-11-12-33-27(18-26)19-28-20-35(32-10-6-4-8-23(32)2)36(21-34(28)33)37-29-14-24-13-25(16-29)17-30(37)15-24;1-3-8-14(9-4-1)12-7-13-15-10-5-2-6-11-15;1-2-4-5-3-1;;;/h3-12,18-21,24-25,29-30,37H,13-17H2,1-2H3;1-6,8-11H,12-13H2;1-3H,4H2;2*1H;/q;;;;;+2/p-2. The molecule has 0 amide bonds. The Morgan fingerprint density at radius 3 is 1.63 bits per heavy atom. The van der Waals surface area contributed by atoms with Gasteiger partial charge < -0.3 is 24.8 Å². The van der Waals surface area contributed by atoms with E-state index in [0.29, 0.717) is 9.54 Å². The van der Waals surface area contributed by atoms with Crippen molar-refractivity contribution in [2.45, 2.75) is 74.8 Å². The van der Waals surface area contributed by atoms with Crippen LogP contribution in [-0.4, -0.2) is 3.21 Å². The second kappa shape index (κ2) is 17.5. The van der Waals surface area contributed by atoms with E-state index in [1.54, 1.807) is 31.1 Å². The molecule has 4 saturated carbocycles. The molecule has 3 heteroatoms. The minimum absolute atomic E-state index is 0. The Bertz CT molecular complexity index is 2560. The number of fused-ring (bicyclic) bond motifs is 3. The van der Waals surface area contributed by atoms with Gasteiger partial charge in [0.1, 0.15) is 0 Å². The van der Waals surface area contributed by atoms with Crippen molar-refractivity contribution in [3.05, 3.63) is 200 Å². The third kappa shape index (κ3) is 7.56. The van der Waals surface area contributed by atoms with Gasteiger partial charge in [-0.3, -0.25) is 0 Å². The summed E-state index contributed by atoms with van der Waals surface area (Å²) in [6, 6.07) is 54.4. The number of aryl methyl sites for hydroxylation is 2. The second-order valence-electron chi connectivity index (χ2n) is 18.5. The molecule has 0 heterocycles. The zero-order valence-corrected chi connectivity index (χ0v) is 38.9. The van der Waals surface area contributed by atoms with Gasteiger partial charge in [-0.15, -0.1) is 0 Å². The van der Waals surface area contributed by atoms with Crippen LogP contribution in [0.4, 0.5) is 0 Å². The summed E-state index contributed by atoms with van der Waals surface area (Å²) in [5, 5.41) is 0. The quantitative estimate of drug-likeness (QED) is 0.137. The molecule has 1 unspecified atom stereocenters. The maximum Gasteiger partial charge on any atom is -1.00 e. The van der Waals surface area contributed by atoms with Crippen LogP contribution in [0.15, 0.2) is 161 Å². The fourth-order valence-corrected chi connectivity index (χ4v) is 21.9. The molecule has 0 N–H and O–H groups in total. The summed E-state index contributed by atoms with van der Waals surface area (Å²) in [5.41, 5.74) is 19.3.